The minimum Gasteiger partial charge on any atom is -0.482 e. The van der Waals surface area contributed by atoms with E-state index in [9.17, 15) is 17.6 Å². The average molecular weight is 494 g/mol. The van der Waals surface area contributed by atoms with E-state index in [4.69, 9.17) is 16.3 Å². The van der Waals surface area contributed by atoms with Crippen LogP contribution in [0.15, 0.2) is 45.8 Å². The number of ether oxygens (including phenoxy) is 1. The number of sulfonamides is 1. The third-order valence-electron chi connectivity index (χ3n) is 3.60. The molecular formula is C18H19BrClFN2O4S. The lowest BCUT2D eigenvalue weighted by Crippen LogP contribution is -2.24. The fraction of sp³-hybridized carbons (Fsp3) is 0.278. The Morgan fingerprint density at radius 2 is 2.00 bits per heavy atom. The quantitative estimate of drug-likeness (QED) is 0.509. The minimum atomic E-state index is -3.67. The zero-order valence-electron chi connectivity index (χ0n) is 15.0. The van der Waals surface area contributed by atoms with Crippen molar-refractivity contribution in [3.63, 3.8) is 0 Å². The number of carbonyl (C=O) groups excluding carboxylic acids is 1. The monoisotopic (exact) mass is 492 g/mol. The van der Waals surface area contributed by atoms with Crippen molar-refractivity contribution in [1.29, 1.82) is 0 Å². The van der Waals surface area contributed by atoms with Crippen LogP contribution in [0, 0.1) is 5.82 Å². The van der Waals surface area contributed by atoms with Crippen LogP contribution in [0.1, 0.15) is 19.8 Å². The van der Waals surface area contributed by atoms with Gasteiger partial charge in [0.25, 0.3) is 5.91 Å². The van der Waals surface area contributed by atoms with Crippen LogP contribution in [0.5, 0.6) is 5.75 Å². The van der Waals surface area contributed by atoms with Gasteiger partial charge in [0.1, 0.15) is 11.6 Å². The lowest BCUT2D eigenvalue weighted by atomic mass is 10.3. The Bertz CT molecular complexity index is 957. The molecule has 0 aliphatic rings. The standard InChI is InChI=1S/C18H19BrClFN2O4S/c1-2-3-8-22-28(25,26)13-5-7-17(14(20)10-13)27-11-18(24)23-16-6-4-12(19)9-15(16)21/h4-7,9-10,22H,2-3,8,11H2,1H3,(H,23,24). The molecule has 0 aliphatic carbocycles. The summed E-state index contributed by atoms with van der Waals surface area (Å²) in [5, 5.41) is 2.43. The van der Waals surface area contributed by atoms with Gasteiger partial charge in [-0.05, 0) is 42.8 Å². The molecule has 0 saturated carbocycles. The van der Waals surface area contributed by atoms with Gasteiger partial charge in [-0.25, -0.2) is 17.5 Å². The third-order valence-corrected chi connectivity index (χ3v) is 5.85. The second kappa shape index (κ2) is 10.2. The fourth-order valence-corrected chi connectivity index (χ4v) is 3.89. The first-order chi connectivity index (χ1) is 13.2. The lowest BCUT2D eigenvalue weighted by molar-refractivity contribution is -0.118. The van der Waals surface area contributed by atoms with Crippen molar-refractivity contribution in [2.45, 2.75) is 24.7 Å². The summed E-state index contributed by atoms with van der Waals surface area (Å²) in [6.45, 7) is 1.87. The molecule has 0 unspecified atom stereocenters. The zero-order valence-corrected chi connectivity index (χ0v) is 18.1. The molecule has 28 heavy (non-hydrogen) atoms. The molecule has 0 fully saturated rings. The predicted octanol–water partition coefficient (Wildman–Crippen LogP) is 4.34. The van der Waals surface area contributed by atoms with Gasteiger partial charge in [0, 0.05) is 11.0 Å². The fourth-order valence-electron chi connectivity index (χ4n) is 2.15. The number of nitrogens with one attached hydrogen (secondary N) is 2. The molecule has 152 valence electrons. The highest BCUT2D eigenvalue weighted by atomic mass is 79.9. The summed E-state index contributed by atoms with van der Waals surface area (Å²) in [7, 11) is -3.67. The van der Waals surface area contributed by atoms with Crippen molar-refractivity contribution in [3.8, 4) is 5.75 Å². The Hall–Kier alpha value is -1.68. The van der Waals surface area contributed by atoms with Gasteiger partial charge < -0.3 is 10.1 Å². The Morgan fingerprint density at radius 1 is 1.25 bits per heavy atom. The summed E-state index contributed by atoms with van der Waals surface area (Å²) < 4.78 is 46.4. The SMILES string of the molecule is CCCCNS(=O)(=O)c1ccc(OCC(=O)Nc2ccc(Br)cc2F)c(Cl)c1. The Morgan fingerprint density at radius 3 is 2.64 bits per heavy atom. The minimum absolute atomic E-state index is 0.00216. The maximum Gasteiger partial charge on any atom is 0.262 e. The first-order valence-corrected chi connectivity index (χ1v) is 11.0. The van der Waals surface area contributed by atoms with Crippen LogP contribution in [0.25, 0.3) is 0 Å². The van der Waals surface area contributed by atoms with E-state index in [0.29, 0.717) is 11.0 Å². The summed E-state index contributed by atoms with van der Waals surface area (Å²) in [5.74, 6) is -1.04. The molecule has 0 aromatic heterocycles. The Labute approximate surface area is 176 Å². The molecule has 0 heterocycles. The Kier molecular flexibility index (Phi) is 8.23. The summed E-state index contributed by atoms with van der Waals surface area (Å²) in [4.78, 5) is 11.9. The average Bonchev–Trinajstić information content (AvgIpc) is 2.63. The van der Waals surface area contributed by atoms with E-state index in [2.05, 4.69) is 26.0 Å². The van der Waals surface area contributed by atoms with E-state index in [1.807, 2.05) is 6.92 Å². The van der Waals surface area contributed by atoms with Crippen molar-refractivity contribution in [2.24, 2.45) is 0 Å². The molecule has 0 aliphatic heterocycles. The summed E-state index contributed by atoms with van der Waals surface area (Å²) >= 11 is 9.20. The van der Waals surface area contributed by atoms with Crippen LogP contribution in [-0.2, 0) is 14.8 Å². The maximum atomic E-state index is 13.7. The lowest BCUT2D eigenvalue weighted by Gasteiger charge is -2.11. The van der Waals surface area contributed by atoms with Crippen LogP contribution >= 0.6 is 27.5 Å². The van der Waals surface area contributed by atoms with Crippen LogP contribution in [-0.4, -0.2) is 27.5 Å². The van der Waals surface area contributed by atoms with Gasteiger partial charge in [0.2, 0.25) is 10.0 Å². The smallest absolute Gasteiger partial charge is 0.262 e. The second-order valence-electron chi connectivity index (χ2n) is 5.80. The van der Waals surface area contributed by atoms with Crippen molar-refractivity contribution in [2.75, 3.05) is 18.5 Å². The largest absolute Gasteiger partial charge is 0.482 e. The van der Waals surface area contributed by atoms with E-state index >= 15 is 0 Å². The second-order valence-corrected chi connectivity index (χ2v) is 8.89. The molecule has 0 spiro atoms. The highest BCUT2D eigenvalue weighted by molar-refractivity contribution is 9.10. The molecule has 2 rings (SSSR count). The number of anilines is 1. The number of halogens is 3. The molecule has 0 radical (unpaired) electrons. The van der Waals surface area contributed by atoms with E-state index < -0.39 is 28.4 Å². The zero-order chi connectivity index (χ0) is 20.7. The van der Waals surface area contributed by atoms with Crippen molar-refractivity contribution < 1.29 is 22.3 Å². The molecule has 0 bridgehead atoms. The highest BCUT2D eigenvalue weighted by Crippen LogP contribution is 2.27. The van der Waals surface area contributed by atoms with E-state index in [1.165, 1.54) is 30.3 Å². The topological polar surface area (TPSA) is 84.5 Å². The van der Waals surface area contributed by atoms with E-state index in [-0.39, 0.29) is 21.4 Å². The first kappa shape index (κ1) is 22.6. The van der Waals surface area contributed by atoms with E-state index in [0.717, 1.165) is 12.8 Å². The molecule has 1 amide bonds. The maximum absolute atomic E-state index is 13.7. The molecule has 0 atom stereocenters. The molecule has 10 heteroatoms. The van der Waals surface area contributed by atoms with Gasteiger partial charge in [-0.1, -0.05) is 40.9 Å². The Balaban J connectivity index is 1.98. The predicted molar refractivity (Wildman–Crippen MR) is 110 cm³/mol. The van der Waals surface area contributed by atoms with Gasteiger partial charge in [-0.15, -0.1) is 0 Å². The number of hydrogen-bond acceptors (Lipinski definition) is 4. The number of hydrogen-bond donors (Lipinski definition) is 2. The number of rotatable bonds is 9. The number of benzene rings is 2. The molecular weight excluding hydrogens is 475 g/mol. The molecule has 2 N–H and O–H groups in total. The summed E-state index contributed by atoms with van der Waals surface area (Å²) in [6, 6.07) is 8.17. The van der Waals surface area contributed by atoms with E-state index in [1.54, 1.807) is 6.07 Å². The molecule has 6 nitrogen and oxygen atoms in total. The van der Waals surface area contributed by atoms with Crippen LogP contribution < -0.4 is 14.8 Å². The third kappa shape index (κ3) is 6.44. The number of carbonyl (C=O) groups is 1. The highest BCUT2D eigenvalue weighted by Gasteiger charge is 2.16. The van der Waals surface area contributed by atoms with Crippen LogP contribution in [0.4, 0.5) is 10.1 Å². The van der Waals surface area contributed by atoms with Gasteiger partial charge in [0.05, 0.1) is 15.6 Å². The number of amides is 1. The van der Waals surface area contributed by atoms with Gasteiger partial charge >= 0.3 is 0 Å². The van der Waals surface area contributed by atoms with Gasteiger partial charge in [-0.3, -0.25) is 4.79 Å². The molecule has 2 aromatic carbocycles. The van der Waals surface area contributed by atoms with Crippen LogP contribution in [0.3, 0.4) is 0 Å². The van der Waals surface area contributed by atoms with Crippen molar-refractivity contribution >= 4 is 49.1 Å². The number of unbranched alkanes of at least 4 members (excludes halogenated alkanes) is 1. The summed E-state index contributed by atoms with van der Waals surface area (Å²) in [5.41, 5.74) is 0.0162. The molecule has 0 saturated heterocycles. The van der Waals surface area contributed by atoms with Crippen LogP contribution in [0.2, 0.25) is 5.02 Å². The normalized spacial score (nSPS) is 11.3. The van der Waals surface area contributed by atoms with Gasteiger partial charge in [-0.2, -0.15) is 0 Å². The van der Waals surface area contributed by atoms with Gasteiger partial charge in [0.15, 0.2) is 6.61 Å². The first-order valence-electron chi connectivity index (χ1n) is 8.40. The molecule has 2 aromatic rings. The van der Waals surface area contributed by atoms with Crippen molar-refractivity contribution in [1.82, 2.24) is 4.72 Å². The summed E-state index contributed by atoms with van der Waals surface area (Å²) in [6.07, 6.45) is 1.59. The van der Waals surface area contributed by atoms with Crippen molar-refractivity contribution in [3.05, 3.63) is 51.7 Å².